The Hall–Kier alpha value is -3.32. The zero-order valence-corrected chi connectivity index (χ0v) is 16.3. The molecule has 0 spiro atoms. The lowest BCUT2D eigenvalue weighted by atomic mass is 10.1. The lowest BCUT2D eigenvalue weighted by molar-refractivity contribution is -0.130. The Morgan fingerprint density at radius 3 is 2.72 bits per heavy atom. The van der Waals surface area contributed by atoms with Crippen LogP contribution in [0, 0.1) is 0 Å². The summed E-state index contributed by atoms with van der Waals surface area (Å²) in [6.07, 6.45) is -0.819. The van der Waals surface area contributed by atoms with E-state index >= 15 is 0 Å². The highest BCUT2D eigenvalue weighted by Gasteiger charge is 2.30. The van der Waals surface area contributed by atoms with Gasteiger partial charge in [0, 0.05) is 24.7 Å². The molecule has 150 valence electrons. The summed E-state index contributed by atoms with van der Waals surface area (Å²) >= 11 is 0. The van der Waals surface area contributed by atoms with E-state index < -0.39 is 6.10 Å². The molecule has 1 N–H and O–H groups in total. The van der Waals surface area contributed by atoms with Crippen LogP contribution >= 0.6 is 0 Å². The lowest BCUT2D eigenvalue weighted by Crippen LogP contribution is -2.45. The fourth-order valence-electron chi connectivity index (χ4n) is 3.13. The standard InChI is InChI=1S/C22H22N2O5/c1-24(2)11-10-23-22(26)19-13-27-17-9-8-15-16(25)12-18(14-6-4-3-5-7-14)28-20(15)21(17)29-19/h3-9,12,19H,10-11,13H2,1-2H3,(H,23,26). The van der Waals surface area contributed by atoms with Gasteiger partial charge in [0.25, 0.3) is 5.91 Å². The highest BCUT2D eigenvalue weighted by atomic mass is 16.6. The number of benzene rings is 2. The van der Waals surface area contributed by atoms with E-state index in [2.05, 4.69) is 5.32 Å². The molecule has 0 saturated carbocycles. The highest BCUT2D eigenvalue weighted by Crippen LogP contribution is 2.39. The minimum absolute atomic E-state index is 0.0922. The third-order valence-electron chi connectivity index (χ3n) is 4.67. The third-order valence-corrected chi connectivity index (χ3v) is 4.67. The number of ether oxygens (including phenoxy) is 2. The molecule has 29 heavy (non-hydrogen) atoms. The van der Waals surface area contributed by atoms with Crippen molar-refractivity contribution < 1.29 is 18.7 Å². The third kappa shape index (κ3) is 3.95. The fourth-order valence-corrected chi connectivity index (χ4v) is 3.13. The van der Waals surface area contributed by atoms with Gasteiger partial charge in [-0.05, 0) is 26.2 Å². The number of carbonyl (C=O) groups is 1. The average molecular weight is 394 g/mol. The Morgan fingerprint density at radius 1 is 1.17 bits per heavy atom. The second-order valence-corrected chi connectivity index (χ2v) is 7.12. The largest absolute Gasteiger partial charge is 0.485 e. The van der Waals surface area contributed by atoms with E-state index in [1.165, 1.54) is 6.07 Å². The van der Waals surface area contributed by atoms with E-state index in [-0.39, 0.29) is 29.3 Å². The minimum atomic E-state index is -0.819. The van der Waals surface area contributed by atoms with E-state index in [0.29, 0.717) is 30.0 Å². The van der Waals surface area contributed by atoms with E-state index in [1.54, 1.807) is 12.1 Å². The maximum absolute atomic E-state index is 12.6. The molecule has 0 fully saturated rings. The summed E-state index contributed by atoms with van der Waals surface area (Å²) in [5.41, 5.74) is 0.868. The molecule has 1 atom stereocenters. The van der Waals surface area contributed by atoms with Crippen molar-refractivity contribution in [3.8, 4) is 22.8 Å². The highest BCUT2D eigenvalue weighted by molar-refractivity contribution is 5.88. The molecular formula is C22H22N2O5. The van der Waals surface area contributed by atoms with Gasteiger partial charge in [-0.3, -0.25) is 9.59 Å². The summed E-state index contributed by atoms with van der Waals surface area (Å²) in [5, 5.41) is 3.21. The van der Waals surface area contributed by atoms with E-state index in [4.69, 9.17) is 13.9 Å². The van der Waals surface area contributed by atoms with Crippen molar-refractivity contribution in [3.63, 3.8) is 0 Å². The fraction of sp³-hybridized carbons (Fsp3) is 0.273. The predicted molar refractivity (Wildman–Crippen MR) is 109 cm³/mol. The number of likely N-dealkylation sites (N-methyl/N-ethyl adjacent to an activating group) is 1. The first-order valence-corrected chi connectivity index (χ1v) is 9.41. The van der Waals surface area contributed by atoms with Crippen molar-refractivity contribution in [1.82, 2.24) is 10.2 Å². The number of nitrogens with one attached hydrogen (secondary N) is 1. The Labute approximate surface area is 167 Å². The van der Waals surface area contributed by atoms with Crippen LogP contribution in [0.1, 0.15) is 0 Å². The summed E-state index contributed by atoms with van der Waals surface area (Å²) in [7, 11) is 3.86. The molecule has 1 aromatic heterocycles. The normalized spacial score (nSPS) is 15.5. The van der Waals surface area contributed by atoms with Gasteiger partial charge in [0.05, 0.1) is 5.39 Å². The average Bonchev–Trinajstić information content (AvgIpc) is 2.73. The maximum atomic E-state index is 12.6. The van der Waals surface area contributed by atoms with Crippen LogP contribution in [0.2, 0.25) is 0 Å². The van der Waals surface area contributed by atoms with Crippen LogP contribution in [0.3, 0.4) is 0 Å². The van der Waals surface area contributed by atoms with Crippen LogP contribution in [-0.2, 0) is 4.79 Å². The molecule has 2 aromatic carbocycles. The van der Waals surface area contributed by atoms with Crippen LogP contribution < -0.4 is 20.2 Å². The van der Waals surface area contributed by atoms with Gasteiger partial charge in [0.1, 0.15) is 12.4 Å². The van der Waals surface area contributed by atoms with Gasteiger partial charge in [0.15, 0.2) is 16.8 Å². The number of amides is 1. The van der Waals surface area contributed by atoms with Crippen molar-refractivity contribution in [2.24, 2.45) is 0 Å². The SMILES string of the molecule is CN(C)CCNC(=O)C1COc2ccc3c(=O)cc(-c4ccccc4)oc3c2O1. The first-order chi connectivity index (χ1) is 14.0. The Morgan fingerprint density at radius 2 is 1.97 bits per heavy atom. The molecule has 0 bridgehead atoms. The number of hydrogen-bond donors (Lipinski definition) is 1. The molecule has 2 heterocycles. The smallest absolute Gasteiger partial charge is 0.264 e. The summed E-state index contributed by atoms with van der Waals surface area (Å²) in [6, 6.07) is 14.1. The number of rotatable bonds is 5. The second kappa shape index (κ2) is 7.97. The topological polar surface area (TPSA) is 81.0 Å². The van der Waals surface area contributed by atoms with Gasteiger partial charge in [-0.2, -0.15) is 0 Å². The van der Waals surface area contributed by atoms with Gasteiger partial charge < -0.3 is 24.1 Å². The molecule has 0 saturated heterocycles. The molecule has 0 radical (unpaired) electrons. The predicted octanol–water partition coefficient (Wildman–Crippen LogP) is 2.28. The molecule has 1 amide bonds. The minimum Gasteiger partial charge on any atom is -0.485 e. The van der Waals surface area contributed by atoms with Gasteiger partial charge >= 0.3 is 0 Å². The Kier molecular flexibility index (Phi) is 5.22. The van der Waals surface area contributed by atoms with E-state index in [0.717, 1.165) is 5.56 Å². The summed E-state index contributed by atoms with van der Waals surface area (Å²) in [4.78, 5) is 27.1. The van der Waals surface area contributed by atoms with Crippen LogP contribution in [0.15, 0.2) is 57.7 Å². The Bertz CT molecular complexity index is 1090. The first-order valence-electron chi connectivity index (χ1n) is 9.41. The molecule has 7 nitrogen and oxygen atoms in total. The molecule has 1 aliphatic rings. The van der Waals surface area contributed by atoms with Crippen LogP contribution in [0.5, 0.6) is 11.5 Å². The van der Waals surface area contributed by atoms with Gasteiger partial charge in [0.2, 0.25) is 11.9 Å². The zero-order chi connectivity index (χ0) is 20.4. The Balaban J connectivity index is 1.68. The van der Waals surface area contributed by atoms with Crippen molar-refractivity contribution in [1.29, 1.82) is 0 Å². The molecule has 1 aliphatic heterocycles. The number of fused-ring (bicyclic) bond motifs is 3. The second-order valence-electron chi connectivity index (χ2n) is 7.12. The van der Waals surface area contributed by atoms with E-state index in [9.17, 15) is 9.59 Å². The van der Waals surface area contributed by atoms with Crippen molar-refractivity contribution in [2.75, 3.05) is 33.8 Å². The zero-order valence-electron chi connectivity index (χ0n) is 16.3. The van der Waals surface area contributed by atoms with E-state index in [1.807, 2.05) is 49.3 Å². The summed E-state index contributed by atoms with van der Waals surface area (Å²) < 4.78 is 17.7. The quantitative estimate of drug-likeness (QED) is 0.715. The van der Waals surface area contributed by atoms with Gasteiger partial charge in [-0.15, -0.1) is 0 Å². The van der Waals surface area contributed by atoms with Crippen molar-refractivity contribution in [3.05, 3.63) is 58.8 Å². The van der Waals surface area contributed by atoms with Crippen molar-refractivity contribution in [2.45, 2.75) is 6.10 Å². The molecule has 3 aromatic rings. The lowest BCUT2D eigenvalue weighted by Gasteiger charge is -2.26. The molecule has 4 rings (SSSR count). The van der Waals surface area contributed by atoms with Crippen LogP contribution in [-0.4, -0.2) is 50.7 Å². The molecule has 0 aliphatic carbocycles. The van der Waals surface area contributed by atoms with Crippen LogP contribution in [0.4, 0.5) is 0 Å². The van der Waals surface area contributed by atoms with Crippen LogP contribution in [0.25, 0.3) is 22.3 Å². The first kappa shape index (κ1) is 19.0. The number of nitrogens with zero attached hydrogens (tertiary/aromatic N) is 1. The number of hydrogen-bond acceptors (Lipinski definition) is 6. The van der Waals surface area contributed by atoms with Gasteiger partial charge in [-0.25, -0.2) is 0 Å². The summed E-state index contributed by atoms with van der Waals surface area (Å²) in [5.74, 6) is 0.883. The number of carbonyl (C=O) groups excluding carboxylic acids is 1. The van der Waals surface area contributed by atoms with Gasteiger partial charge in [-0.1, -0.05) is 30.3 Å². The maximum Gasteiger partial charge on any atom is 0.264 e. The van der Waals surface area contributed by atoms with Crippen molar-refractivity contribution >= 4 is 16.9 Å². The monoisotopic (exact) mass is 394 g/mol. The molecule has 1 unspecified atom stereocenters. The summed E-state index contributed by atoms with van der Waals surface area (Å²) in [6.45, 7) is 1.31. The molecular weight excluding hydrogens is 372 g/mol. The molecule has 7 heteroatoms.